The molecule has 0 aliphatic heterocycles. The van der Waals surface area contributed by atoms with E-state index < -0.39 is 0 Å². The van der Waals surface area contributed by atoms with Crippen molar-refractivity contribution in [2.75, 3.05) is 7.11 Å². The number of carbonyl (C=O) groups excluding carboxylic acids is 1. The van der Waals surface area contributed by atoms with Crippen LogP contribution in [0.25, 0.3) is 6.08 Å². The van der Waals surface area contributed by atoms with Gasteiger partial charge in [-0.15, -0.1) is 0 Å². The molecule has 3 nitrogen and oxygen atoms in total. The van der Waals surface area contributed by atoms with Crippen molar-refractivity contribution in [1.29, 1.82) is 0 Å². The minimum absolute atomic E-state index is 0.355. The summed E-state index contributed by atoms with van der Waals surface area (Å²) in [4.78, 5) is 14.5. The summed E-state index contributed by atoms with van der Waals surface area (Å²) < 4.78 is 4.43. The number of methoxy groups -OCH3 is 1. The lowest BCUT2D eigenvalue weighted by Crippen LogP contribution is -1.93. The Kier molecular flexibility index (Phi) is 3.02. The molecule has 0 fully saturated rings. The van der Waals surface area contributed by atoms with E-state index in [9.17, 15) is 4.79 Å². The van der Waals surface area contributed by atoms with E-state index in [1.165, 1.54) is 13.2 Å². The smallest absolute Gasteiger partial charge is 0.330 e. The summed E-state index contributed by atoms with van der Waals surface area (Å²) in [6.45, 7) is 0. The van der Waals surface area contributed by atoms with Crippen molar-refractivity contribution in [3.63, 3.8) is 0 Å². The topological polar surface area (TPSA) is 39.2 Å². The third-order valence-electron chi connectivity index (χ3n) is 1.32. The van der Waals surface area contributed by atoms with Crippen LogP contribution in [0.15, 0.2) is 30.6 Å². The van der Waals surface area contributed by atoms with Crippen LogP contribution in [0.5, 0.6) is 0 Å². The molecule has 0 saturated heterocycles. The Balaban J connectivity index is 2.64. The Morgan fingerprint density at radius 2 is 2.17 bits per heavy atom. The number of rotatable bonds is 2. The second-order valence-electron chi connectivity index (χ2n) is 2.14. The van der Waals surface area contributed by atoms with Gasteiger partial charge < -0.3 is 4.74 Å². The molecule has 1 heterocycles. The van der Waals surface area contributed by atoms with Crippen LogP contribution in [-0.2, 0) is 9.53 Å². The monoisotopic (exact) mass is 163 g/mol. The lowest BCUT2D eigenvalue weighted by Gasteiger charge is -1.90. The molecule has 1 rings (SSSR count). The number of nitrogens with zero attached hydrogens (tertiary/aromatic N) is 1. The number of esters is 1. The van der Waals surface area contributed by atoms with E-state index >= 15 is 0 Å². The van der Waals surface area contributed by atoms with Crippen molar-refractivity contribution in [2.24, 2.45) is 0 Å². The van der Waals surface area contributed by atoms with Crippen LogP contribution >= 0.6 is 0 Å². The van der Waals surface area contributed by atoms with Gasteiger partial charge >= 0.3 is 5.97 Å². The fourth-order valence-electron chi connectivity index (χ4n) is 0.707. The molecule has 0 spiro atoms. The van der Waals surface area contributed by atoms with Crippen molar-refractivity contribution in [3.8, 4) is 0 Å². The van der Waals surface area contributed by atoms with E-state index in [1.54, 1.807) is 30.6 Å². The predicted molar refractivity (Wildman–Crippen MR) is 45.3 cm³/mol. The number of hydrogen-bond donors (Lipinski definition) is 0. The first kappa shape index (κ1) is 8.46. The van der Waals surface area contributed by atoms with Gasteiger partial charge in [-0.1, -0.05) is 0 Å². The first-order chi connectivity index (χ1) is 5.83. The van der Waals surface area contributed by atoms with Crippen molar-refractivity contribution < 1.29 is 9.53 Å². The van der Waals surface area contributed by atoms with Crippen molar-refractivity contribution >= 4 is 12.0 Å². The number of pyridine rings is 1. The molecule has 0 unspecified atom stereocenters. The zero-order chi connectivity index (χ0) is 8.81. The Morgan fingerprint density at radius 1 is 1.50 bits per heavy atom. The van der Waals surface area contributed by atoms with E-state index in [1.807, 2.05) is 0 Å². The third-order valence-corrected chi connectivity index (χ3v) is 1.32. The molecule has 0 atom stereocenters. The highest BCUT2D eigenvalue weighted by atomic mass is 16.5. The number of ether oxygens (including phenoxy) is 1. The Bertz CT molecular complexity index is 280. The van der Waals surface area contributed by atoms with Gasteiger partial charge in [0.1, 0.15) is 0 Å². The van der Waals surface area contributed by atoms with E-state index in [0.717, 1.165) is 5.56 Å². The molecule has 0 saturated carbocycles. The van der Waals surface area contributed by atoms with Crippen LogP contribution in [-0.4, -0.2) is 18.1 Å². The van der Waals surface area contributed by atoms with Gasteiger partial charge in [0.05, 0.1) is 7.11 Å². The maximum Gasteiger partial charge on any atom is 0.330 e. The van der Waals surface area contributed by atoms with Gasteiger partial charge in [0.2, 0.25) is 0 Å². The van der Waals surface area contributed by atoms with Crippen LogP contribution in [0.3, 0.4) is 0 Å². The van der Waals surface area contributed by atoms with E-state index in [0.29, 0.717) is 0 Å². The molecular formula is C9H9NO2. The molecule has 0 aromatic carbocycles. The summed E-state index contributed by atoms with van der Waals surface area (Å²) in [5, 5.41) is 0. The number of carbonyl (C=O) groups is 1. The van der Waals surface area contributed by atoms with Gasteiger partial charge in [0.25, 0.3) is 0 Å². The van der Waals surface area contributed by atoms with E-state index in [4.69, 9.17) is 0 Å². The minimum atomic E-state index is -0.355. The normalized spacial score (nSPS) is 10.1. The van der Waals surface area contributed by atoms with Gasteiger partial charge in [-0.2, -0.15) is 0 Å². The molecule has 0 N–H and O–H groups in total. The van der Waals surface area contributed by atoms with Crippen molar-refractivity contribution in [2.45, 2.75) is 0 Å². The van der Waals surface area contributed by atoms with E-state index in [-0.39, 0.29) is 5.97 Å². The highest BCUT2D eigenvalue weighted by molar-refractivity contribution is 5.86. The first-order valence-corrected chi connectivity index (χ1v) is 3.49. The molecule has 1 aromatic heterocycles. The molecule has 62 valence electrons. The summed E-state index contributed by atoms with van der Waals surface area (Å²) in [6, 6.07) is 3.61. The lowest BCUT2D eigenvalue weighted by molar-refractivity contribution is -0.134. The molecule has 1 aromatic rings. The zero-order valence-electron chi connectivity index (χ0n) is 6.73. The fourth-order valence-corrected chi connectivity index (χ4v) is 0.707. The number of hydrogen-bond acceptors (Lipinski definition) is 3. The maximum absolute atomic E-state index is 10.7. The van der Waals surface area contributed by atoms with Crippen molar-refractivity contribution in [3.05, 3.63) is 36.2 Å². The van der Waals surface area contributed by atoms with Gasteiger partial charge in [-0.05, 0) is 23.8 Å². The molecule has 0 bridgehead atoms. The predicted octanol–water partition coefficient (Wildman–Crippen LogP) is 1.27. The van der Waals surface area contributed by atoms with Crippen LogP contribution in [0, 0.1) is 0 Å². The Hall–Kier alpha value is -1.64. The maximum atomic E-state index is 10.7. The van der Waals surface area contributed by atoms with Crippen molar-refractivity contribution in [1.82, 2.24) is 4.98 Å². The highest BCUT2D eigenvalue weighted by Gasteiger charge is 1.90. The molecular weight excluding hydrogens is 154 g/mol. The molecule has 12 heavy (non-hydrogen) atoms. The fraction of sp³-hybridized carbons (Fsp3) is 0.111. The van der Waals surface area contributed by atoms with Crippen LogP contribution < -0.4 is 0 Å². The van der Waals surface area contributed by atoms with Crippen LogP contribution in [0.1, 0.15) is 5.56 Å². The van der Waals surface area contributed by atoms with Gasteiger partial charge in [-0.25, -0.2) is 4.79 Å². The largest absolute Gasteiger partial charge is 0.466 e. The summed E-state index contributed by atoms with van der Waals surface area (Å²) >= 11 is 0. The molecule has 3 heteroatoms. The SMILES string of the molecule is COC(=O)/C=C/c1ccncc1. The van der Waals surface area contributed by atoms with Gasteiger partial charge in [-0.3, -0.25) is 4.98 Å². The number of aromatic nitrogens is 1. The molecule has 0 aliphatic carbocycles. The summed E-state index contributed by atoms with van der Waals surface area (Å²) in [7, 11) is 1.35. The molecule has 0 aliphatic rings. The average molecular weight is 163 g/mol. The summed E-state index contributed by atoms with van der Waals surface area (Å²) in [5.74, 6) is -0.355. The lowest BCUT2D eigenvalue weighted by atomic mass is 10.2. The first-order valence-electron chi connectivity index (χ1n) is 3.49. The zero-order valence-corrected chi connectivity index (χ0v) is 6.73. The highest BCUT2D eigenvalue weighted by Crippen LogP contribution is 1.98. The average Bonchev–Trinajstić information content (AvgIpc) is 2.16. The van der Waals surface area contributed by atoms with E-state index in [2.05, 4.69) is 9.72 Å². The minimum Gasteiger partial charge on any atom is -0.466 e. The molecule has 0 amide bonds. The quantitative estimate of drug-likeness (QED) is 0.486. The third kappa shape index (κ3) is 2.54. The Morgan fingerprint density at radius 3 is 2.75 bits per heavy atom. The van der Waals surface area contributed by atoms with Gasteiger partial charge in [0, 0.05) is 18.5 Å². The summed E-state index contributed by atoms with van der Waals surface area (Å²) in [5.41, 5.74) is 0.926. The van der Waals surface area contributed by atoms with Crippen LogP contribution in [0.2, 0.25) is 0 Å². The standard InChI is InChI=1S/C9H9NO2/c1-12-9(11)3-2-8-4-6-10-7-5-8/h2-7H,1H3/b3-2+. The second-order valence-corrected chi connectivity index (χ2v) is 2.14. The second kappa shape index (κ2) is 4.28. The molecule has 0 radical (unpaired) electrons. The van der Waals surface area contributed by atoms with Crippen LogP contribution in [0.4, 0.5) is 0 Å². The Labute approximate surface area is 70.7 Å². The summed E-state index contributed by atoms with van der Waals surface area (Å²) in [6.07, 6.45) is 6.37. The van der Waals surface area contributed by atoms with Gasteiger partial charge in [0.15, 0.2) is 0 Å².